The van der Waals surface area contributed by atoms with Crippen LogP contribution in [-0.2, 0) is 28.2 Å². The fraction of sp³-hybridized carbons (Fsp3) is 0.303. The van der Waals surface area contributed by atoms with Gasteiger partial charge in [-0.15, -0.1) is 16.1 Å². The maximum absolute atomic E-state index is 11.7. The number of aryl methyl sites for hydroxylation is 3. The number of hydrogen-bond donors (Lipinski definition) is 2. The van der Waals surface area contributed by atoms with Crippen LogP contribution in [0, 0.1) is 26.7 Å². The van der Waals surface area contributed by atoms with Crippen molar-refractivity contribution in [3.63, 3.8) is 0 Å². The van der Waals surface area contributed by atoms with Gasteiger partial charge < -0.3 is 34.8 Å². The summed E-state index contributed by atoms with van der Waals surface area (Å²) in [4.78, 5) is 9.76. The molecule has 45 heavy (non-hydrogen) atoms. The van der Waals surface area contributed by atoms with Crippen LogP contribution in [0.3, 0.4) is 0 Å². The Morgan fingerprint density at radius 3 is 2.13 bits per heavy atom. The van der Waals surface area contributed by atoms with Gasteiger partial charge in [-0.25, -0.2) is 9.82 Å². The van der Waals surface area contributed by atoms with Crippen molar-refractivity contribution in [2.75, 3.05) is 13.7 Å². The lowest BCUT2D eigenvalue weighted by Crippen LogP contribution is -2.04. The van der Waals surface area contributed by atoms with Gasteiger partial charge in [0.15, 0.2) is 0 Å². The highest BCUT2D eigenvalue weighted by atomic mass is 31.1. The van der Waals surface area contributed by atoms with Crippen LogP contribution >= 0.6 is 8.69 Å². The first kappa shape index (κ1) is 42.6. The Balaban J connectivity index is 0. The van der Waals surface area contributed by atoms with Gasteiger partial charge in [-0.05, 0) is 63.5 Å². The summed E-state index contributed by atoms with van der Waals surface area (Å²) in [7, 11) is 0.672. The normalized spacial score (nSPS) is 12.9. The Kier molecular flexibility index (Phi) is 23.5. The zero-order valence-corrected chi connectivity index (χ0v) is 26.7. The Morgan fingerprint density at radius 1 is 1.04 bits per heavy atom. The summed E-state index contributed by atoms with van der Waals surface area (Å²) in [6.07, 6.45) is 9.52. The third-order valence-corrected chi connectivity index (χ3v) is 5.17. The second-order valence-electron chi connectivity index (χ2n) is 9.53. The number of methoxy groups -OCH3 is 1. The lowest BCUT2D eigenvalue weighted by molar-refractivity contribution is -0.350. The van der Waals surface area contributed by atoms with Gasteiger partial charge in [-0.1, -0.05) is 86.5 Å². The summed E-state index contributed by atoms with van der Waals surface area (Å²) in [6, 6.07) is 11.1. The number of aliphatic hydroxyl groups excluding tert-OH is 1. The van der Waals surface area contributed by atoms with Crippen LogP contribution in [0.25, 0.3) is 17.5 Å². The lowest BCUT2D eigenvalue weighted by atomic mass is 10.0. The van der Waals surface area contributed by atoms with Crippen LogP contribution in [0.2, 0.25) is 0 Å². The predicted octanol–water partition coefficient (Wildman–Crippen LogP) is 7.37. The van der Waals surface area contributed by atoms with Gasteiger partial charge in [0.25, 0.3) is 12.4 Å². The van der Waals surface area contributed by atoms with Crippen molar-refractivity contribution >= 4 is 27.3 Å². The molecule has 1 aliphatic heterocycles. The van der Waals surface area contributed by atoms with Crippen molar-refractivity contribution in [3.8, 4) is 5.75 Å². The van der Waals surface area contributed by atoms with E-state index in [2.05, 4.69) is 19.5 Å². The van der Waals surface area contributed by atoms with Gasteiger partial charge in [-0.2, -0.15) is 6.20 Å². The molecule has 248 valence electrons. The molecule has 0 aromatic heterocycles. The molecule has 1 aliphatic rings. The number of benzene rings is 2. The highest BCUT2D eigenvalue weighted by Gasteiger charge is 2.02. The maximum Gasteiger partial charge on any atom is 0.358 e. The van der Waals surface area contributed by atoms with Crippen LogP contribution in [0.1, 0.15) is 56.0 Å². The zero-order chi connectivity index (χ0) is 33.5. The summed E-state index contributed by atoms with van der Waals surface area (Å²) < 4.78 is 25.8. The maximum atomic E-state index is 11.7. The average Bonchev–Trinajstić information content (AvgIpc) is 2.99. The van der Waals surface area contributed by atoms with Crippen LogP contribution in [0.15, 0.2) is 84.2 Å². The number of carbonyl (C=O) groups is 1. The number of nitrogens with zero attached hydrogens (tertiary/aromatic N) is 1. The fourth-order valence-corrected chi connectivity index (χ4v) is 3.05. The van der Waals surface area contributed by atoms with E-state index in [0.29, 0.717) is 30.3 Å². The van der Waals surface area contributed by atoms with E-state index >= 15 is 0 Å². The zero-order valence-electron chi connectivity index (χ0n) is 25.8. The van der Waals surface area contributed by atoms with E-state index in [1.54, 1.807) is 18.3 Å². The molecule has 2 aromatic carbocycles. The average molecular weight is 645 g/mol. The molecule has 12 heteroatoms. The predicted molar refractivity (Wildman–Crippen MR) is 172 cm³/mol. The minimum absolute atomic E-state index is 0. The molecule has 0 spiro atoms. The number of allylic oxidation sites excluding steroid dienone is 3. The van der Waals surface area contributed by atoms with Gasteiger partial charge in [-0.3, -0.25) is 4.79 Å². The van der Waals surface area contributed by atoms with Crippen LogP contribution in [-0.4, -0.2) is 30.6 Å². The Morgan fingerprint density at radius 2 is 1.67 bits per heavy atom. The minimum atomic E-state index is -0.696. The number of hydrogen-bond acceptors (Lipinski definition) is 10. The highest BCUT2D eigenvalue weighted by Crippen LogP contribution is 2.23. The Bertz CT molecular complexity index is 1290. The topological polar surface area (TPSA) is 172 Å². The number of rotatable bonds is 9. The first-order chi connectivity index (χ1) is 20.9. The van der Waals surface area contributed by atoms with E-state index in [4.69, 9.17) is 14.6 Å². The first-order valence-corrected chi connectivity index (χ1v) is 13.9. The summed E-state index contributed by atoms with van der Waals surface area (Å²) >= 11 is 0. The number of ether oxygens (including phenoxy) is 3. The monoisotopic (exact) mass is 644 g/mol. The van der Waals surface area contributed by atoms with E-state index < -0.39 is 8.69 Å². The van der Waals surface area contributed by atoms with Crippen molar-refractivity contribution in [3.05, 3.63) is 117 Å². The largest absolute Gasteiger partial charge is 0.872 e. The summed E-state index contributed by atoms with van der Waals surface area (Å²) in [6.45, 7) is 12.4. The molecule has 3 rings (SSSR count). The molecule has 0 bridgehead atoms. The quantitative estimate of drug-likeness (QED) is 0.0922. The van der Waals surface area contributed by atoms with Crippen LogP contribution in [0.4, 0.5) is 0 Å². The summed E-state index contributed by atoms with van der Waals surface area (Å²) in [5, 5.41) is 43.1. The minimum Gasteiger partial charge on any atom is -0.872 e. The van der Waals surface area contributed by atoms with E-state index in [9.17, 15) is 20.1 Å². The second-order valence-corrected chi connectivity index (χ2v) is 9.84. The molecule has 0 saturated heterocycles. The summed E-state index contributed by atoms with van der Waals surface area (Å²) in [5.74, 6) is -0.291. The van der Waals surface area contributed by atoms with Crippen molar-refractivity contribution in [1.82, 2.24) is 0 Å². The molecular formula is C33H43NO10P-3. The van der Waals surface area contributed by atoms with Gasteiger partial charge >= 0.3 is 8.69 Å². The number of aliphatic hydroxyl groups is 1. The van der Waals surface area contributed by atoms with Crippen molar-refractivity contribution in [1.29, 1.82) is 0 Å². The molecule has 0 fully saturated rings. The van der Waals surface area contributed by atoms with Crippen LogP contribution < -0.4 is 10.2 Å². The molecule has 0 radical (unpaired) electrons. The third-order valence-electron chi connectivity index (χ3n) is 5.10. The molecule has 0 atom stereocenters. The highest BCUT2D eigenvalue weighted by molar-refractivity contribution is 7.17. The molecule has 1 heterocycles. The van der Waals surface area contributed by atoms with E-state index in [0.717, 1.165) is 22.3 Å². The molecule has 2 N–H and O–H groups in total. The van der Waals surface area contributed by atoms with E-state index in [1.165, 1.54) is 31.1 Å². The summed E-state index contributed by atoms with van der Waals surface area (Å²) in [5.41, 5.74) is 6.01. The molecular weight excluding hydrogens is 601 g/mol. The molecule has 0 aliphatic carbocycles. The molecule has 2 aromatic rings. The van der Waals surface area contributed by atoms with Crippen molar-refractivity contribution < 1.29 is 48.8 Å². The van der Waals surface area contributed by atoms with E-state index in [1.807, 2.05) is 78.0 Å². The Hall–Kier alpha value is -4.57. The number of carbonyl (C=O) groups excluding carboxylic acids is 1. The molecule has 0 unspecified atom stereocenters. The first-order valence-electron chi connectivity index (χ1n) is 13.2. The SMILES string of the molecule is C.CC1=C[N-]C(=COC=O)C=C1.COC([O-])=Cc1ccc(C)cc1.Cc1cc(C)c(C=C(O)OCC(C)C)c([O-])c1.O=POO. The standard InChI is InChI=1S/C14H20O3.C10H12O2.C8H8NO2.CH4.HO3P/c1-9(2)8-17-14(16)7-12-11(4)5-10(3)6-13(12)15;1-8-3-5-9(6-4-8)7-10(11)12-2;1-7-2-3-8(9-4-7)5-11-6-10;;1-3-4-2/h5-7,9,15-16H,8H2,1-4H3;3-7,11H,1-2H3;2-6H,1H3;1H4;1H/q;;-1;;/p-2. The second kappa shape index (κ2) is 24.8. The molecule has 0 amide bonds. The fourth-order valence-electron chi connectivity index (χ4n) is 3.05. The van der Waals surface area contributed by atoms with E-state index in [-0.39, 0.29) is 25.1 Å². The van der Waals surface area contributed by atoms with Crippen molar-refractivity contribution in [2.24, 2.45) is 5.92 Å². The van der Waals surface area contributed by atoms with Crippen LogP contribution in [0.5, 0.6) is 5.75 Å². The van der Waals surface area contributed by atoms with Gasteiger partial charge in [0, 0.05) is 6.08 Å². The van der Waals surface area contributed by atoms with Gasteiger partial charge in [0.1, 0.15) is 0 Å². The molecule has 11 nitrogen and oxygen atoms in total. The van der Waals surface area contributed by atoms with Gasteiger partial charge in [0.2, 0.25) is 0 Å². The molecule has 0 saturated carbocycles. The lowest BCUT2D eigenvalue weighted by Gasteiger charge is -2.21. The Labute approximate surface area is 267 Å². The van der Waals surface area contributed by atoms with Crippen molar-refractivity contribution in [2.45, 2.75) is 49.0 Å². The smallest absolute Gasteiger partial charge is 0.358 e. The third kappa shape index (κ3) is 20.9. The van der Waals surface area contributed by atoms with Gasteiger partial charge in [0.05, 0.1) is 18.8 Å².